The molecule has 2 aliphatic rings. The number of hydrogen-bond donors (Lipinski definition) is 0. The average Bonchev–Trinajstić information content (AvgIpc) is 2.92. The summed E-state index contributed by atoms with van der Waals surface area (Å²) in [5, 5.41) is 0. The molecule has 8 heteroatoms. The van der Waals surface area contributed by atoms with E-state index in [0.717, 1.165) is 76.6 Å². The summed E-state index contributed by atoms with van der Waals surface area (Å²) >= 11 is 0. The lowest BCUT2D eigenvalue weighted by molar-refractivity contribution is -0.140. The Kier molecular flexibility index (Phi) is 12.4. The molecule has 0 atom stereocenters. The number of ether oxygens (including phenoxy) is 6. The van der Waals surface area contributed by atoms with E-state index in [-0.39, 0.29) is 10.8 Å². The molecule has 0 N–H and O–H groups in total. The smallest absolute Gasteiger partial charge is 0.343 e. The summed E-state index contributed by atoms with van der Waals surface area (Å²) in [6.07, 6.45) is 4.29. The SMILES string of the molecule is C=O.CC1(COCCCCCCOc2ccc(C(=O)Oc3ccc(COCC4(C)COC4)cc3)cc2)COC1. The van der Waals surface area contributed by atoms with Crippen LogP contribution in [0.2, 0.25) is 0 Å². The highest BCUT2D eigenvalue weighted by atomic mass is 16.5. The second-order valence-electron chi connectivity index (χ2n) is 11.0. The predicted octanol–water partition coefficient (Wildman–Crippen LogP) is 5.27. The van der Waals surface area contributed by atoms with Crippen LogP contribution in [0.5, 0.6) is 11.5 Å². The first kappa shape index (κ1) is 30.8. The molecule has 2 heterocycles. The average molecular weight is 543 g/mol. The molecule has 2 aromatic carbocycles. The highest BCUT2D eigenvalue weighted by molar-refractivity contribution is 5.91. The van der Waals surface area contributed by atoms with Gasteiger partial charge in [-0.3, -0.25) is 0 Å². The number of hydrogen-bond acceptors (Lipinski definition) is 8. The number of esters is 1. The molecule has 0 spiro atoms. The minimum Gasteiger partial charge on any atom is -0.494 e. The molecule has 2 fully saturated rings. The normalized spacial score (nSPS) is 16.7. The van der Waals surface area contributed by atoms with Crippen LogP contribution in [0, 0.1) is 10.8 Å². The van der Waals surface area contributed by atoms with Gasteiger partial charge in [-0.2, -0.15) is 0 Å². The zero-order valence-electron chi connectivity index (χ0n) is 23.3. The van der Waals surface area contributed by atoms with Crippen molar-refractivity contribution in [1.82, 2.24) is 0 Å². The van der Waals surface area contributed by atoms with Crippen molar-refractivity contribution in [2.24, 2.45) is 10.8 Å². The molecule has 0 aromatic heterocycles. The molecule has 8 nitrogen and oxygen atoms in total. The highest BCUT2D eigenvalue weighted by Gasteiger charge is 2.34. The van der Waals surface area contributed by atoms with E-state index in [1.165, 1.54) is 0 Å². The van der Waals surface area contributed by atoms with Crippen LogP contribution in [-0.2, 0) is 30.3 Å². The molecular formula is C31H42O8. The van der Waals surface area contributed by atoms with Gasteiger partial charge < -0.3 is 33.2 Å². The molecule has 0 saturated carbocycles. The Morgan fingerprint density at radius 3 is 1.85 bits per heavy atom. The third kappa shape index (κ3) is 10.4. The van der Waals surface area contributed by atoms with E-state index < -0.39 is 5.97 Å². The van der Waals surface area contributed by atoms with E-state index in [0.29, 0.717) is 31.1 Å². The minimum atomic E-state index is -0.394. The van der Waals surface area contributed by atoms with Gasteiger partial charge in [0.05, 0.1) is 58.4 Å². The van der Waals surface area contributed by atoms with Crippen LogP contribution in [-0.4, -0.2) is 65.6 Å². The van der Waals surface area contributed by atoms with E-state index in [1.54, 1.807) is 24.3 Å². The van der Waals surface area contributed by atoms with Crippen LogP contribution in [0.25, 0.3) is 0 Å². The second-order valence-corrected chi connectivity index (χ2v) is 11.0. The summed E-state index contributed by atoms with van der Waals surface area (Å²) in [7, 11) is 0. The Morgan fingerprint density at radius 1 is 0.744 bits per heavy atom. The van der Waals surface area contributed by atoms with Gasteiger partial charge in [-0.25, -0.2) is 4.79 Å². The Hall–Kier alpha value is -2.78. The van der Waals surface area contributed by atoms with Crippen molar-refractivity contribution in [2.45, 2.75) is 46.1 Å². The number of carbonyl (C=O) groups is 2. The summed E-state index contributed by atoms with van der Waals surface area (Å²) in [6, 6.07) is 14.5. The summed E-state index contributed by atoms with van der Waals surface area (Å²) in [6.45, 7) is 12.9. The molecule has 2 aliphatic heterocycles. The van der Waals surface area contributed by atoms with Crippen LogP contribution in [0.15, 0.2) is 48.5 Å². The van der Waals surface area contributed by atoms with E-state index in [2.05, 4.69) is 13.8 Å². The van der Waals surface area contributed by atoms with Crippen molar-refractivity contribution >= 4 is 12.8 Å². The maximum absolute atomic E-state index is 12.5. The van der Waals surface area contributed by atoms with Gasteiger partial charge in [0.15, 0.2) is 0 Å². The third-order valence-electron chi connectivity index (χ3n) is 6.65. The Morgan fingerprint density at radius 2 is 1.28 bits per heavy atom. The monoisotopic (exact) mass is 542 g/mol. The molecule has 4 rings (SSSR count). The molecule has 0 unspecified atom stereocenters. The van der Waals surface area contributed by atoms with Crippen LogP contribution in [0.3, 0.4) is 0 Å². The van der Waals surface area contributed by atoms with Crippen molar-refractivity contribution in [2.75, 3.05) is 52.9 Å². The fourth-order valence-electron chi connectivity index (χ4n) is 4.16. The molecule has 39 heavy (non-hydrogen) atoms. The molecule has 0 aliphatic carbocycles. The summed E-state index contributed by atoms with van der Waals surface area (Å²) in [5.41, 5.74) is 1.88. The van der Waals surface area contributed by atoms with Crippen molar-refractivity contribution in [3.63, 3.8) is 0 Å². The Bertz CT molecular complexity index is 981. The lowest BCUT2D eigenvalue weighted by Gasteiger charge is -2.37. The van der Waals surface area contributed by atoms with Crippen molar-refractivity contribution in [3.8, 4) is 11.5 Å². The first-order chi connectivity index (χ1) is 18.9. The quantitative estimate of drug-likeness (QED) is 0.161. The largest absolute Gasteiger partial charge is 0.494 e. The summed E-state index contributed by atoms with van der Waals surface area (Å²) in [5.74, 6) is 0.863. The lowest BCUT2D eigenvalue weighted by Crippen LogP contribution is -2.43. The summed E-state index contributed by atoms with van der Waals surface area (Å²) in [4.78, 5) is 20.5. The van der Waals surface area contributed by atoms with E-state index in [1.807, 2.05) is 31.1 Å². The number of unbranched alkanes of at least 4 members (excludes halogenated alkanes) is 3. The van der Waals surface area contributed by atoms with Gasteiger partial charge in [-0.15, -0.1) is 0 Å². The van der Waals surface area contributed by atoms with E-state index in [4.69, 9.17) is 33.2 Å². The van der Waals surface area contributed by atoms with Gasteiger partial charge in [-0.05, 0) is 61.2 Å². The molecule has 0 bridgehead atoms. The van der Waals surface area contributed by atoms with Gasteiger partial charge in [0.25, 0.3) is 0 Å². The fraction of sp³-hybridized carbons (Fsp3) is 0.548. The molecule has 0 amide bonds. The zero-order valence-corrected chi connectivity index (χ0v) is 23.3. The maximum atomic E-state index is 12.5. The highest BCUT2D eigenvalue weighted by Crippen LogP contribution is 2.27. The maximum Gasteiger partial charge on any atom is 0.343 e. The van der Waals surface area contributed by atoms with Crippen LogP contribution in [0.4, 0.5) is 0 Å². The Balaban J connectivity index is 0.00000205. The van der Waals surface area contributed by atoms with Crippen molar-refractivity contribution < 1.29 is 38.0 Å². The third-order valence-corrected chi connectivity index (χ3v) is 6.65. The van der Waals surface area contributed by atoms with Gasteiger partial charge in [0.2, 0.25) is 0 Å². The van der Waals surface area contributed by atoms with Gasteiger partial charge in [0.1, 0.15) is 18.3 Å². The number of benzene rings is 2. The Labute approximate surface area is 231 Å². The molecule has 2 saturated heterocycles. The van der Waals surface area contributed by atoms with Crippen LogP contribution in [0.1, 0.15) is 55.5 Å². The molecule has 2 aromatic rings. The minimum absolute atomic E-state index is 0.135. The van der Waals surface area contributed by atoms with Crippen molar-refractivity contribution in [1.29, 1.82) is 0 Å². The molecule has 0 radical (unpaired) electrons. The van der Waals surface area contributed by atoms with E-state index in [9.17, 15) is 4.79 Å². The molecular weight excluding hydrogens is 500 g/mol. The zero-order chi connectivity index (χ0) is 28.0. The lowest BCUT2D eigenvalue weighted by atomic mass is 9.90. The fourth-order valence-corrected chi connectivity index (χ4v) is 4.16. The topological polar surface area (TPSA) is 89.5 Å². The molecule has 214 valence electrons. The standard InChI is InChI=1S/C30H40O7.CH2O/c1-29(20-34-21-29)18-32-15-5-3-4-6-16-36-26-13-9-25(10-14-26)28(31)37-27-11-7-24(8-12-27)17-33-19-30(2)22-35-23-30;1-2/h7-14H,3-6,15-23H2,1-2H3;1H2. The predicted molar refractivity (Wildman–Crippen MR) is 147 cm³/mol. The number of rotatable bonds is 16. The van der Waals surface area contributed by atoms with E-state index >= 15 is 0 Å². The van der Waals surface area contributed by atoms with Crippen molar-refractivity contribution in [3.05, 3.63) is 59.7 Å². The summed E-state index contributed by atoms with van der Waals surface area (Å²) < 4.78 is 33.4. The van der Waals surface area contributed by atoms with Gasteiger partial charge in [0, 0.05) is 17.4 Å². The second kappa shape index (κ2) is 15.7. The number of carbonyl (C=O) groups excluding carboxylic acids is 2. The van der Waals surface area contributed by atoms with Gasteiger partial charge in [-0.1, -0.05) is 32.4 Å². The first-order valence-corrected chi connectivity index (χ1v) is 13.6. The first-order valence-electron chi connectivity index (χ1n) is 13.6. The van der Waals surface area contributed by atoms with Crippen LogP contribution < -0.4 is 9.47 Å². The van der Waals surface area contributed by atoms with Gasteiger partial charge >= 0.3 is 5.97 Å². The van der Waals surface area contributed by atoms with Crippen LogP contribution >= 0.6 is 0 Å².